The zero-order valence-electron chi connectivity index (χ0n) is 17.8. The summed E-state index contributed by atoms with van der Waals surface area (Å²) in [7, 11) is -4.04. The van der Waals surface area contributed by atoms with E-state index in [1.807, 2.05) is 43.3 Å². The van der Waals surface area contributed by atoms with Crippen molar-refractivity contribution in [2.24, 2.45) is 0 Å². The molecular formula is C23H25N3O5S. The maximum Gasteiger partial charge on any atom is 0.293 e. The molecule has 9 heteroatoms. The fraction of sp³-hybridized carbons (Fsp3) is 0.217. The summed E-state index contributed by atoms with van der Waals surface area (Å²) in [5.74, 6) is 0. The first kappa shape index (κ1) is 23.2. The number of nitro benzene ring substituents is 1. The van der Waals surface area contributed by atoms with E-state index < -0.39 is 21.0 Å². The van der Waals surface area contributed by atoms with Crippen LogP contribution in [-0.2, 0) is 16.4 Å². The molecule has 3 aromatic carbocycles. The van der Waals surface area contributed by atoms with Gasteiger partial charge in [-0.3, -0.25) is 14.8 Å². The average Bonchev–Trinajstić information content (AvgIpc) is 2.76. The number of benzene rings is 3. The second-order valence-corrected chi connectivity index (χ2v) is 9.26. The molecule has 3 N–H and O–H groups in total. The van der Waals surface area contributed by atoms with E-state index in [9.17, 15) is 23.6 Å². The lowest BCUT2D eigenvalue weighted by Crippen LogP contribution is -2.26. The summed E-state index contributed by atoms with van der Waals surface area (Å²) in [6.45, 7) is 3.43. The van der Waals surface area contributed by atoms with Crippen molar-refractivity contribution in [1.29, 1.82) is 0 Å². The number of sulfonamides is 1. The second-order valence-electron chi connectivity index (χ2n) is 7.57. The predicted molar refractivity (Wildman–Crippen MR) is 124 cm³/mol. The summed E-state index contributed by atoms with van der Waals surface area (Å²) in [5, 5.41) is 24.4. The Morgan fingerprint density at radius 3 is 2.31 bits per heavy atom. The molecule has 0 amide bonds. The summed E-state index contributed by atoms with van der Waals surface area (Å²) in [6.07, 6.45) is 0.447. The molecule has 0 fully saturated rings. The Bertz CT molecular complexity index is 1210. The fourth-order valence-corrected chi connectivity index (χ4v) is 4.51. The molecule has 8 nitrogen and oxygen atoms in total. The minimum absolute atomic E-state index is 0.135. The van der Waals surface area contributed by atoms with Gasteiger partial charge < -0.3 is 10.4 Å². The lowest BCUT2D eigenvalue weighted by Gasteiger charge is -2.18. The van der Waals surface area contributed by atoms with Crippen molar-refractivity contribution in [3.05, 3.63) is 93.5 Å². The highest BCUT2D eigenvalue weighted by Gasteiger charge is 2.23. The predicted octanol–water partition coefficient (Wildman–Crippen LogP) is 4.03. The molecule has 0 saturated heterocycles. The molecule has 3 aromatic rings. The Hall–Kier alpha value is -3.43. The van der Waals surface area contributed by atoms with Gasteiger partial charge in [0.2, 0.25) is 0 Å². The van der Waals surface area contributed by atoms with Gasteiger partial charge in [-0.15, -0.1) is 0 Å². The van der Waals surface area contributed by atoms with Crippen molar-refractivity contribution in [2.75, 3.05) is 16.6 Å². The lowest BCUT2D eigenvalue weighted by molar-refractivity contribution is -0.384. The van der Waals surface area contributed by atoms with Crippen LogP contribution in [0.25, 0.3) is 0 Å². The summed E-state index contributed by atoms with van der Waals surface area (Å²) in [5.41, 5.74) is 2.84. The molecule has 32 heavy (non-hydrogen) atoms. The van der Waals surface area contributed by atoms with E-state index >= 15 is 0 Å². The number of aliphatic hydroxyl groups excluding tert-OH is 1. The van der Waals surface area contributed by atoms with Crippen molar-refractivity contribution in [2.45, 2.75) is 31.2 Å². The summed E-state index contributed by atoms with van der Waals surface area (Å²) < 4.78 is 28.2. The van der Waals surface area contributed by atoms with Gasteiger partial charge in [0.1, 0.15) is 5.69 Å². The van der Waals surface area contributed by atoms with Gasteiger partial charge in [0.25, 0.3) is 15.7 Å². The number of nitrogens with zero attached hydrogens (tertiary/aromatic N) is 1. The SMILES string of the molecule is Cc1ccc(NS(=O)(=O)c2ccc(NC(CO)Cc3ccccc3)c([N+](=O)[O-])c2)c(C)c1. The highest BCUT2D eigenvalue weighted by Crippen LogP contribution is 2.30. The number of nitro groups is 1. The third-order valence-electron chi connectivity index (χ3n) is 5.01. The minimum Gasteiger partial charge on any atom is -0.394 e. The molecule has 0 bridgehead atoms. The number of nitrogens with one attached hydrogen (secondary N) is 2. The summed E-state index contributed by atoms with van der Waals surface area (Å²) in [4.78, 5) is 10.8. The Morgan fingerprint density at radius 1 is 1.00 bits per heavy atom. The average molecular weight is 456 g/mol. The largest absolute Gasteiger partial charge is 0.394 e. The Kier molecular flexibility index (Phi) is 7.12. The molecule has 0 heterocycles. The van der Waals surface area contributed by atoms with Crippen LogP contribution in [0.2, 0.25) is 0 Å². The van der Waals surface area contributed by atoms with Crippen LogP contribution in [0.5, 0.6) is 0 Å². The third-order valence-corrected chi connectivity index (χ3v) is 6.37. The van der Waals surface area contributed by atoms with Crippen LogP contribution in [0.4, 0.5) is 17.1 Å². The first-order valence-electron chi connectivity index (χ1n) is 9.99. The molecule has 0 aliphatic carbocycles. The Balaban J connectivity index is 1.87. The van der Waals surface area contributed by atoms with Crippen molar-refractivity contribution >= 4 is 27.1 Å². The van der Waals surface area contributed by atoms with Crippen LogP contribution in [-0.4, -0.2) is 31.1 Å². The van der Waals surface area contributed by atoms with Crippen LogP contribution < -0.4 is 10.0 Å². The molecule has 0 saturated carbocycles. The second kappa shape index (κ2) is 9.80. The van der Waals surface area contributed by atoms with E-state index in [1.165, 1.54) is 12.1 Å². The number of aryl methyl sites for hydroxylation is 2. The number of anilines is 2. The molecule has 0 aromatic heterocycles. The van der Waals surface area contributed by atoms with Gasteiger partial charge in [-0.25, -0.2) is 8.42 Å². The summed E-state index contributed by atoms with van der Waals surface area (Å²) in [6, 6.07) is 17.9. The van der Waals surface area contributed by atoms with Gasteiger partial charge in [-0.1, -0.05) is 48.0 Å². The van der Waals surface area contributed by atoms with E-state index in [0.717, 1.165) is 22.8 Å². The van der Waals surface area contributed by atoms with Gasteiger partial charge in [0, 0.05) is 6.07 Å². The monoisotopic (exact) mass is 455 g/mol. The van der Waals surface area contributed by atoms with Crippen LogP contribution in [0.3, 0.4) is 0 Å². The molecular weight excluding hydrogens is 430 g/mol. The third kappa shape index (κ3) is 5.63. The number of aliphatic hydroxyl groups is 1. The van der Waals surface area contributed by atoms with Crippen LogP contribution in [0, 0.1) is 24.0 Å². The van der Waals surface area contributed by atoms with Crippen molar-refractivity contribution in [3.63, 3.8) is 0 Å². The molecule has 168 valence electrons. The van der Waals surface area contributed by atoms with Crippen LogP contribution in [0.15, 0.2) is 71.6 Å². The van der Waals surface area contributed by atoms with Gasteiger partial charge >= 0.3 is 0 Å². The molecule has 0 aliphatic heterocycles. The van der Waals surface area contributed by atoms with E-state index in [2.05, 4.69) is 10.0 Å². The Labute approximate surface area is 187 Å². The molecule has 0 aliphatic rings. The standard InChI is InChI=1S/C23H25N3O5S/c1-16-8-10-21(17(2)12-16)25-32(30,31)20-9-11-22(23(14-20)26(28)29)24-19(15-27)13-18-6-4-3-5-7-18/h3-12,14,19,24-25,27H,13,15H2,1-2H3. The zero-order valence-corrected chi connectivity index (χ0v) is 18.6. The highest BCUT2D eigenvalue weighted by atomic mass is 32.2. The molecule has 1 atom stereocenters. The molecule has 0 spiro atoms. The summed E-state index contributed by atoms with van der Waals surface area (Å²) >= 11 is 0. The van der Waals surface area contributed by atoms with Gasteiger partial charge in [-0.05, 0) is 49.6 Å². The quantitative estimate of drug-likeness (QED) is 0.331. The molecule has 0 radical (unpaired) electrons. The van der Waals surface area contributed by atoms with E-state index in [0.29, 0.717) is 12.1 Å². The minimum atomic E-state index is -4.04. The lowest BCUT2D eigenvalue weighted by atomic mass is 10.1. The number of hydrogen-bond acceptors (Lipinski definition) is 6. The smallest absolute Gasteiger partial charge is 0.293 e. The van der Waals surface area contributed by atoms with Crippen molar-refractivity contribution in [1.82, 2.24) is 0 Å². The topological polar surface area (TPSA) is 122 Å². The van der Waals surface area contributed by atoms with Gasteiger partial charge in [0.15, 0.2) is 0 Å². The van der Waals surface area contributed by atoms with E-state index in [4.69, 9.17) is 0 Å². The van der Waals surface area contributed by atoms with Gasteiger partial charge in [-0.2, -0.15) is 0 Å². The maximum absolute atomic E-state index is 12.9. The molecule has 1 unspecified atom stereocenters. The van der Waals surface area contributed by atoms with Crippen LogP contribution >= 0.6 is 0 Å². The Morgan fingerprint density at radius 2 is 1.69 bits per heavy atom. The van der Waals surface area contributed by atoms with Crippen molar-refractivity contribution in [3.8, 4) is 0 Å². The number of hydrogen-bond donors (Lipinski definition) is 3. The maximum atomic E-state index is 12.9. The zero-order chi connectivity index (χ0) is 23.3. The normalized spacial score (nSPS) is 12.2. The fourth-order valence-electron chi connectivity index (χ4n) is 3.36. The number of rotatable bonds is 9. The highest BCUT2D eigenvalue weighted by molar-refractivity contribution is 7.92. The first-order chi connectivity index (χ1) is 15.2. The van der Waals surface area contributed by atoms with Crippen LogP contribution in [0.1, 0.15) is 16.7 Å². The van der Waals surface area contributed by atoms with Crippen molar-refractivity contribution < 1.29 is 18.4 Å². The van der Waals surface area contributed by atoms with E-state index in [1.54, 1.807) is 19.1 Å². The van der Waals surface area contributed by atoms with Gasteiger partial charge in [0.05, 0.1) is 28.2 Å². The first-order valence-corrected chi connectivity index (χ1v) is 11.5. The molecule has 3 rings (SSSR count). The van der Waals surface area contributed by atoms with E-state index in [-0.39, 0.29) is 22.9 Å².